The van der Waals surface area contributed by atoms with E-state index >= 15 is 0 Å². The van der Waals surface area contributed by atoms with Gasteiger partial charge in [-0.25, -0.2) is 4.79 Å². The topological polar surface area (TPSA) is 88.8 Å². The number of carbonyl (C=O) groups excluding carboxylic acids is 2. The minimum Gasteiger partial charge on any atom is -0.508 e. The number of esters is 1. The molecule has 1 amide bonds. The van der Waals surface area contributed by atoms with Gasteiger partial charge in [-0.15, -0.1) is 0 Å². The number of rotatable bonds is 6. The fourth-order valence-electron chi connectivity index (χ4n) is 2.33. The zero-order valence-electron chi connectivity index (χ0n) is 14.1. The molecule has 0 unspecified atom stereocenters. The molecule has 0 aliphatic rings. The standard InChI is InChI=1S/C20H16ClNO5/c21-15-6-4-13(5-7-15)18-9-8-17(27-18)11-22-19(24)12-26-20(25)14-2-1-3-16(23)10-14/h1-10,23H,11-12H2,(H,22,24). The summed E-state index contributed by atoms with van der Waals surface area (Å²) in [6, 6.07) is 16.5. The molecule has 2 N–H and O–H groups in total. The van der Waals surface area contributed by atoms with Crippen molar-refractivity contribution in [3.8, 4) is 17.1 Å². The molecule has 0 radical (unpaired) electrons. The third kappa shape index (κ3) is 5.12. The van der Waals surface area contributed by atoms with Gasteiger partial charge in [0.1, 0.15) is 17.3 Å². The van der Waals surface area contributed by atoms with Crippen molar-refractivity contribution in [3.05, 3.63) is 77.0 Å². The number of aromatic hydroxyl groups is 1. The summed E-state index contributed by atoms with van der Waals surface area (Å²) in [6.45, 7) is -0.269. The van der Waals surface area contributed by atoms with E-state index in [9.17, 15) is 14.7 Å². The second kappa shape index (κ2) is 8.42. The van der Waals surface area contributed by atoms with Gasteiger partial charge in [-0.1, -0.05) is 17.7 Å². The largest absolute Gasteiger partial charge is 0.508 e. The van der Waals surface area contributed by atoms with Crippen LogP contribution in [0.15, 0.2) is 65.1 Å². The molecule has 6 nitrogen and oxygen atoms in total. The van der Waals surface area contributed by atoms with Gasteiger partial charge >= 0.3 is 5.97 Å². The Morgan fingerprint density at radius 1 is 1.07 bits per heavy atom. The number of hydrogen-bond donors (Lipinski definition) is 2. The summed E-state index contributed by atoms with van der Waals surface area (Å²) < 4.78 is 10.6. The molecule has 0 saturated carbocycles. The Kier molecular flexibility index (Phi) is 5.78. The molecule has 1 heterocycles. The summed E-state index contributed by atoms with van der Waals surface area (Å²) >= 11 is 5.86. The van der Waals surface area contributed by atoms with Crippen LogP contribution in [0.1, 0.15) is 16.1 Å². The van der Waals surface area contributed by atoms with E-state index in [-0.39, 0.29) is 17.9 Å². The lowest BCUT2D eigenvalue weighted by molar-refractivity contribution is -0.124. The van der Waals surface area contributed by atoms with Crippen molar-refractivity contribution >= 4 is 23.5 Å². The maximum atomic E-state index is 11.8. The first-order valence-electron chi connectivity index (χ1n) is 8.09. The van der Waals surface area contributed by atoms with Gasteiger partial charge in [0.05, 0.1) is 12.1 Å². The fraction of sp³-hybridized carbons (Fsp3) is 0.100. The number of phenolic OH excluding ortho intramolecular Hbond substituents is 1. The Hall–Kier alpha value is -3.25. The van der Waals surface area contributed by atoms with E-state index in [1.165, 1.54) is 24.3 Å². The molecule has 7 heteroatoms. The van der Waals surface area contributed by atoms with Gasteiger partial charge in [0.15, 0.2) is 6.61 Å². The lowest BCUT2D eigenvalue weighted by Crippen LogP contribution is -2.28. The van der Waals surface area contributed by atoms with Gasteiger partial charge in [-0.05, 0) is 54.6 Å². The molecular formula is C20H16ClNO5. The third-order valence-electron chi connectivity index (χ3n) is 3.67. The van der Waals surface area contributed by atoms with Crippen molar-refractivity contribution < 1.29 is 23.8 Å². The number of furan rings is 1. The van der Waals surface area contributed by atoms with Crippen molar-refractivity contribution in [2.75, 3.05) is 6.61 Å². The summed E-state index contributed by atoms with van der Waals surface area (Å²) in [5.41, 5.74) is 1.04. The highest BCUT2D eigenvalue weighted by Gasteiger charge is 2.11. The number of nitrogens with one attached hydrogen (secondary N) is 1. The van der Waals surface area contributed by atoms with Gasteiger partial charge in [-0.3, -0.25) is 4.79 Å². The second-order valence-corrected chi connectivity index (χ2v) is 6.11. The Labute approximate surface area is 160 Å². The molecule has 3 aromatic rings. The molecule has 0 aliphatic carbocycles. The molecule has 2 aromatic carbocycles. The summed E-state index contributed by atoms with van der Waals surface area (Å²) in [7, 11) is 0. The van der Waals surface area contributed by atoms with Crippen LogP contribution in [0, 0.1) is 0 Å². The SMILES string of the molecule is O=C(COC(=O)c1cccc(O)c1)NCc1ccc(-c2ccc(Cl)cc2)o1. The molecule has 0 fully saturated rings. The summed E-state index contributed by atoms with van der Waals surface area (Å²) in [6.07, 6.45) is 0. The van der Waals surface area contributed by atoms with Gasteiger partial charge < -0.3 is 19.6 Å². The van der Waals surface area contributed by atoms with Crippen LogP contribution in [0.4, 0.5) is 0 Å². The zero-order chi connectivity index (χ0) is 19.2. The first-order chi connectivity index (χ1) is 13.0. The quantitative estimate of drug-likeness (QED) is 0.630. The van der Waals surface area contributed by atoms with Gasteiger partial charge in [-0.2, -0.15) is 0 Å². The molecule has 0 saturated heterocycles. The summed E-state index contributed by atoms with van der Waals surface area (Å²) in [5, 5.41) is 12.6. The highest BCUT2D eigenvalue weighted by atomic mass is 35.5. The normalized spacial score (nSPS) is 10.4. The van der Waals surface area contributed by atoms with Crippen molar-refractivity contribution in [2.24, 2.45) is 0 Å². The predicted octanol–water partition coefficient (Wildman–Crippen LogP) is 3.78. The Bertz CT molecular complexity index is 949. The molecule has 0 atom stereocenters. The Balaban J connectivity index is 1.48. The first kappa shape index (κ1) is 18.5. The number of carbonyl (C=O) groups is 2. The number of halogens is 1. The predicted molar refractivity (Wildman–Crippen MR) is 99.4 cm³/mol. The molecule has 3 rings (SSSR count). The molecule has 0 bridgehead atoms. The number of amides is 1. The average molecular weight is 386 g/mol. The van der Waals surface area contributed by atoms with Crippen molar-refractivity contribution in [1.29, 1.82) is 0 Å². The van der Waals surface area contributed by atoms with Gasteiger partial charge in [0.25, 0.3) is 5.91 Å². The first-order valence-corrected chi connectivity index (χ1v) is 8.46. The lowest BCUT2D eigenvalue weighted by Gasteiger charge is -2.06. The van der Waals surface area contributed by atoms with Crippen LogP contribution in [-0.4, -0.2) is 23.6 Å². The minimum atomic E-state index is -0.691. The second-order valence-electron chi connectivity index (χ2n) is 5.68. The Morgan fingerprint density at radius 3 is 2.59 bits per heavy atom. The van der Waals surface area contributed by atoms with Crippen LogP contribution >= 0.6 is 11.6 Å². The molecule has 27 heavy (non-hydrogen) atoms. The summed E-state index contributed by atoms with van der Waals surface area (Å²) in [4.78, 5) is 23.7. The molecule has 0 aliphatic heterocycles. The van der Waals surface area contributed by atoms with Gasteiger partial charge in [0, 0.05) is 10.6 Å². The van der Waals surface area contributed by atoms with Crippen molar-refractivity contribution in [3.63, 3.8) is 0 Å². The van der Waals surface area contributed by atoms with E-state index < -0.39 is 18.5 Å². The highest BCUT2D eigenvalue weighted by molar-refractivity contribution is 6.30. The lowest BCUT2D eigenvalue weighted by atomic mass is 10.2. The molecule has 1 aromatic heterocycles. The van der Waals surface area contributed by atoms with Gasteiger partial charge in [0.2, 0.25) is 0 Å². The maximum Gasteiger partial charge on any atom is 0.338 e. The van der Waals surface area contributed by atoms with Crippen LogP contribution in [-0.2, 0) is 16.1 Å². The molecular weight excluding hydrogens is 370 g/mol. The molecule has 0 spiro atoms. The number of ether oxygens (including phenoxy) is 1. The number of benzene rings is 2. The molecule has 138 valence electrons. The van der Waals surface area contributed by atoms with Crippen LogP contribution in [0.25, 0.3) is 11.3 Å². The van der Waals surface area contributed by atoms with E-state index in [1.54, 1.807) is 24.3 Å². The van der Waals surface area contributed by atoms with Crippen LogP contribution in [0.3, 0.4) is 0 Å². The van der Waals surface area contributed by atoms with Crippen LogP contribution < -0.4 is 5.32 Å². The summed E-state index contributed by atoms with van der Waals surface area (Å²) in [5.74, 6) is 0.0130. The van der Waals surface area contributed by atoms with E-state index in [2.05, 4.69) is 5.32 Å². The van der Waals surface area contributed by atoms with E-state index in [0.717, 1.165) is 5.56 Å². The monoisotopic (exact) mass is 385 g/mol. The smallest absolute Gasteiger partial charge is 0.338 e. The minimum absolute atomic E-state index is 0.0526. The van der Waals surface area contributed by atoms with E-state index in [4.69, 9.17) is 20.8 Å². The van der Waals surface area contributed by atoms with E-state index in [1.807, 2.05) is 12.1 Å². The van der Waals surface area contributed by atoms with Crippen LogP contribution in [0.5, 0.6) is 5.75 Å². The number of phenols is 1. The van der Waals surface area contributed by atoms with Crippen molar-refractivity contribution in [1.82, 2.24) is 5.32 Å². The van der Waals surface area contributed by atoms with Crippen molar-refractivity contribution in [2.45, 2.75) is 6.54 Å². The highest BCUT2D eigenvalue weighted by Crippen LogP contribution is 2.23. The fourth-order valence-corrected chi connectivity index (χ4v) is 2.45. The average Bonchev–Trinajstić information content (AvgIpc) is 3.14. The Morgan fingerprint density at radius 2 is 1.85 bits per heavy atom. The maximum absolute atomic E-state index is 11.8. The zero-order valence-corrected chi connectivity index (χ0v) is 14.9. The van der Waals surface area contributed by atoms with E-state index in [0.29, 0.717) is 16.5 Å². The third-order valence-corrected chi connectivity index (χ3v) is 3.92. The van der Waals surface area contributed by atoms with Crippen LogP contribution in [0.2, 0.25) is 5.02 Å². The number of hydrogen-bond acceptors (Lipinski definition) is 5.